The molecule has 1 nitrogen and oxygen atoms in total. The van der Waals surface area contributed by atoms with Gasteiger partial charge in [-0.25, -0.2) is 4.39 Å². The van der Waals surface area contributed by atoms with Gasteiger partial charge in [0.05, 0.1) is 0 Å². The molecule has 1 N–H and O–H groups in total. The number of nitrogens with one attached hydrogen (secondary N) is 1. The highest BCUT2D eigenvalue weighted by Gasteiger charge is 2.03. The maximum Gasteiger partial charge on any atom is 0.123 e. The van der Waals surface area contributed by atoms with Crippen LogP contribution >= 0.6 is 12.4 Å². The molecule has 0 atom stereocenters. The van der Waals surface area contributed by atoms with Gasteiger partial charge in [0, 0.05) is 0 Å². The summed E-state index contributed by atoms with van der Waals surface area (Å²) < 4.78 is 12.7. The Morgan fingerprint density at radius 1 is 1.06 bits per heavy atom. The van der Waals surface area contributed by atoms with Gasteiger partial charge in [0.1, 0.15) is 5.82 Å². The first-order valence-electron chi connectivity index (χ1n) is 5.50. The molecule has 0 aliphatic carbocycles. The Labute approximate surface area is 102 Å². The molecule has 0 saturated carbocycles. The summed E-state index contributed by atoms with van der Waals surface area (Å²) >= 11 is 0. The van der Waals surface area contributed by atoms with E-state index in [4.69, 9.17) is 0 Å². The topological polar surface area (TPSA) is 12.0 Å². The van der Waals surface area contributed by atoms with Crippen molar-refractivity contribution in [1.82, 2.24) is 5.32 Å². The first kappa shape index (κ1) is 13.2. The van der Waals surface area contributed by atoms with Gasteiger partial charge in [-0.3, -0.25) is 0 Å². The molecule has 88 valence electrons. The zero-order chi connectivity index (χ0) is 10.5. The molecule has 1 saturated heterocycles. The van der Waals surface area contributed by atoms with Crippen molar-refractivity contribution in [3.63, 3.8) is 0 Å². The number of halogens is 2. The van der Waals surface area contributed by atoms with Crippen LogP contribution in [0.4, 0.5) is 4.39 Å². The predicted octanol–water partition coefficient (Wildman–Crippen LogP) is 3.40. The van der Waals surface area contributed by atoms with Crippen molar-refractivity contribution >= 4 is 18.5 Å². The highest BCUT2D eigenvalue weighted by Crippen LogP contribution is 2.16. The van der Waals surface area contributed by atoms with Crippen LogP contribution in [0.2, 0.25) is 0 Å². The van der Waals surface area contributed by atoms with Crippen LogP contribution in [0.5, 0.6) is 0 Å². The van der Waals surface area contributed by atoms with Gasteiger partial charge in [0.25, 0.3) is 0 Å². The van der Waals surface area contributed by atoms with Crippen molar-refractivity contribution in [3.05, 3.63) is 41.2 Å². The standard InChI is InChI=1S/C13H16FN.ClH/c14-13-5-3-12(4-6-13)10-11-2-1-8-15-9-7-11;/h3-6,10,15H,1-2,7-9H2;1H/b11-10-;. The Morgan fingerprint density at radius 2 is 1.81 bits per heavy atom. The van der Waals surface area contributed by atoms with Gasteiger partial charge in [-0.1, -0.05) is 23.8 Å². The van der Waals surface area contributed by atoms with E-state index in [0.717, 1.165) is 31.5 Å². The van der Waals surface area contributed by atoms with E-state index < -0.39 is 0 Å². The van der Waals surface area contributed by atoms with Gasteiger partial charge in [0.2, 0.25) is 0 Å². The number of rotatable bonds is 1. The Kier molecular flexibility index (Phi) is 5.50. The second-order valence-electron chi connectivity index (χ2n) is 3.96. The van der Waals surface area contributed by atoms with Gasteiger partial charge in [0.15, 0.2) is 0 Å². The lowest BCUT2D eigenvalue weighted by Crippen LogP contribution is -2.13. The molecule has 3 heteroatoms. The molecule has 16 heavy (non-hydrogen) atoms. The zero-order valence-corrected chi connectivity index (χ0v) is 10.0. The second-order valence-corrected chi connectivity index (χ2v) is 3.96. The smallest absolute Gasteiger partial charge is 0.123 e. The molecular formula is C13H17ClFN. The van der Waals surface area contributed by atoms with Crippen LogP contribution in [0.3, 0.4) is 0 Å². The third kappa shape index (κ3) is 3.95. The van der Waals surface area contributed by atoms with Gasteiger partial charge < -0.3 is 5.32 Å². The maximum absolute atomic E-state index is 12.7. The number of hydrogen-bond acceptors (Lipinski definition) is 1. The van der Waals surface area contributed by atoms with Crippen LogP contribution in [0, 0.1) is 5.82 Å². The SMILES string of the molecule is Cl.Fc1ccc(/C=C2/CCCNCC2)cc1. The third-order valence-corrected chi connectivity index (χ3v) is 2.72. The van der Waals surface area contributed by atoms with Crippen molar-refractivity contribution in [2.45, 2.75) is 19.3 Å². The summed E-state index contributed by atoms with van der Waals surface area (Å²) in [6.07, 6.45) is 5.65. The fraction of sp³-hybridized carbons (Fsp3) is 0.385. The van der Waals surface area contributed by atoms with E-state index in [2.05, 4.69) is 11.4 Å². The first-order valence-corrected chi connectivity index (χ1v) is 5.50. The fourth-order valence-electron chi connectivity index (χ4n) is 1.88. The lowest BCUT2D eigenvalue weighted by Gasteiger charge is -2.02. The van der Waals surface area contributed by atoms with Gasteiger partial charge >= 0.3 is 0 Å². The summed E-state index contributed by atoms with van der Waals surface area (Å²) in [7, 11) is 0. The summed E-state index contributed by atoms with van der Waals surface area (Å²) in [4.78, 5) is 0. The molecule has 1 aliphatic heterocycles. The summed E-state index contributed by atoms with van der Waals surface area (Å²) in [5.74, 6) is -0.167. The van der Waals surface area contributed by atoms with Crippen LogP contribution < -0.4 is 5.32 Å². The third-order valence-electron chi connectivity index (χ3n) is 2.72. The quantitative estimate of drug-likeness (QED) is 0.795. The highest BCUT2D eigenvalue weighted by molar-refractivity contribution is 5.85. The molecule has 1 aromatic rings. The Hall–Kier alpha value is -0.860. The van der Waals surface area contributed by atoms with Crippen LogP contribution in [0.25, 0.3) is 6.08 Å². The minimum Gasteiger partial charge on any atom is -0.316 e. The molecule has 0 radical (unpaired) electrons. The fourth-order valence-corrected chi connectivity index (χ4v) is 1.88. The van der Waals surface area contributed by atoms with E-state index in [1.165, 1.54) is 24.1 Å². The molecule has 1 aliphatic rings. The Bertz CT molecular complexity index is 335. The van der Waals surface area contributed by atoms with E-state index >= 15 is 0 Å². The van der Waals surface area contributed by atoms with Crippen molar-refractivity contribution in [3.8, 4) is 0 Å². The molecule has 0 unspecified atom stereocenters. The lowest BCUT2D eigenvalue weighted by molar-refractivity contribution is 0.627. The van der Waals surface area contributed by atoms with Crippen molar-refractivity contribution in [2.75, 3.05) is 13.1 Å². The molecule has 1 fully saturated rings. The minimum absolute atomic E-state index is 0. The average molecular weight is 242 g/mol. The van der Waals surface area contributed by atoms with Gasteiger partial charge in [-0.15, -0.1) is 12.4 Å². The van der Waals surface area contributed by atoms with E-state index in [1.54, 1.807) is 0 Å². The molecule has 0 amide bonds. The van der Waals surface area contributed by atoms with Gasteiger partial charge in [-0.05, 0) is 50.0 Å². The van der Waals surface area contributed by atoms with E-state index in [0.29, 0.717) is 0 Å². The number of hydrogen-bond donors (Lipinski definition) is 1. The summed E-state index contributed by atoms with van der Waals surface area (Å²) in [6, 6.07) is 6.70. The molecule has 2 rings (SSSR count). The van der Waals surface area contributed by atoms with Crippen molar-refractivity contribution in [1.29, 1.82) is 0 Å². The molecule has 0 aromatic heterocycles. The Balaban J connectivity index is 0.00000128. The normalized spacial score (nSPS) is 18.9. The van der Waals surface area contributed by atoms with Crippen molar-refractivity contribution in [2.24, 2.45) is 0 Å². The molecule has 1 heterocycles. The van der Waals surface area contributed by atoms with Crippen LogP contribution in [-0.2, 0) is 0 Å². The zero-order valence-electron chi connectivity index (χ0n) is 9.21. The maximum atomic E-state index is 12.7. The minimum atomic E-state index is -0.167. The largest absolute Gasteiger partial charge is 0.316 e. The van der Waals surface area contributed by atoms with Gasteiger partial charge in [-0.2, -0.15) is 0 Å². The van der Waals surface area contributed by atoms with E-state index in [-0.39, 0.29) is 18.2 Å². The van der Waals surface area contributed by atoms with Crippen molar-refractivity contribution < 1.29 is 4.39 Å². The molecule has 1 aromatic carbocycles. The summed E-state index contributed by atoms with van der Waals surface area (Å²) in [6.45, 7) is 2.17. The van der Waals surface area contributed by atoms with Crippen LogP contribution in [-0.4, -0.2) is 13.1 Å². The van der Waals surface area contributed by atoms with E-state index in [9.17, 15) is 4.39 Å². The predicted molar refractivity (Wildman–Crippen MR) is 68.3 cm³/mol. The highest BCUT2D eigenvalue weighted by atomic mass is 35.5. The monoisotopic (exact) mass is 241 g/mol. The molecular weight excluding hydrogens is 225 g/mol. The summed E-state index contributed by atoms with van der Waals surface area (Å²) in [5.41, 5.74) is 2.57. The van der Waals surface area contributed by atoms with Crippen LogP contribution in [0.15, 0.2) is 29.8 Å². The first-order chi connectivity index (χ1) is 7.34. The molecule has 0 bridgehead atoms. The number of benzene rings is 1. The van der Waals surface area contributed by atoms with E-state index in [1.807, 2.05) is 12.1 Å². The van der Waals surface area contributed by atoms with Crippen LogP contribution in [0.1, 0.15) is 24.8 Å². The summed E-state index contributed by atoms with van der Waals surface area (Å²) in [5, 5.41) is 3.37. The average Bonchev–Trinajstić information content (AvgIpc) is 2.50. The Morgan fingerprint density at radius 3 is 2.56 bits per heavy atom. The molecule has 0 spiro atoms. The lowest BCUT2D eigenvalue weighted by atomic mass is 10.0. The second kappa shape index (κ2) is 6.66.